The number of ether oxygens (including phenoxy) is 4. The first-order valence-corrected chi connectivity index (χ1v) is 9.86. The molecule has 1 aromatic rings. The number of unbranched alkanes of at least 4 members (excludes halogenated alkanes) is 2. The second-order valence-corrected chi connectivity index (χ2v) is 6.98. The molecule has 4 unspecified atom stereocenters. The van der Waals surface area contributed by atoms with Crippen LogP contribution in [0.4, 0.5) is 15.0 Å². The average molecular weight is 443 g/mol. The molecule has 1 N–H and O–H groups in total. The van der Waals surface area contributed by atoms with Crippen LogP contribution >= 0.6 is 0 Å². The highest BCUT2D eigenvalue weighted by Crippen LogP contribution is 2.33. The Morgan fingerprint density at radius 3 is 2.45 bits per heavy atom. The predicted octanol–water partition coefficient (Wildman–Crippen LogP) is 1.90. The van der Waals surface area contributed by atoms with Crippen molar-refractivity contribution in [3.05, 3.63) is 22.5 Å². The lowest BCUT2D eigenvalue weighted by molar-refractivity contribution is -0.165. The highest BCUT2D eigenvalue weighted by atomic mass is 19.1. The number of nitrogens with one attached hydrogen (secondary N) is 1. The van der Waals surface area contributed by atoms with Crippen molar-refractivity contribution < 1.29 is 37.7 Å². The Morgan fingerprint density at radius 1 is 1.19 bits per heavy atom. The monoisotopic (exact) mass is 443 g/mol. The number of halogens is 1. The molecule has 0 spiro atoms. The minimum absolute atomic E-state index is 0.147. The third-order valence-corrected chi connectivity index (χ3v) is 4.41. The van der Waals surface area contributed by atoms with E-state index in [0.29, 0.717) is 6.42 Å². The average Bonchev–Trinajstić information content (AvgIpc) is 2.96. The van der Waals surface area contributed by atoms with Gasteiger partial charge < -0.3 is 18.9 Å². The van der Waals surface area contributed by atoms with Crippen molar-refractivity contribution in [2.75, 3.05) is 11.9 Å². The molecule has 0 radical (unpaired) electrons. The summed E-state index contributed by atoms with van der Waals surface area (Å²) in [7, 11) is 0. The van der Waals surface area contributed by atoms with E-state index < -0.39 is 59.9 Å². The van der Waals surface area contributed by atoms with Crippen molar-refractivity contribution in [2.45, 2.75) is 71.5 Å². The van der Waals surface area contributed by atoms with Crippen LogP contribution in [0.1, 0.15) is 53.2 Å². The first kappa shape index (κ1) is 24.3. The number of hydrogen-bond acceptors (Lipinski definition) is 9. The quantitative estimate of drug-likeness (QED) is 0.363. The molecule has 2 rings (SSSR count). The zero-order valence-electron chi connectivity index (χ0n) is 17.8. The lowest BCUT2D eigenvalue weighted by Crippen LogP contribution is -2.40. The minimum Gasteiger partial charge on any atom is -0.456 e. The Hall–Kier alpha value is -3.02. The van der Waals surface area contributed by atoms with E-state index in [2.05, 4.69) is 10.3 Å². The number of nitrogens with zero attached hydrogens (tertiary/aromatic N) is 2. The Bertz CT molecular complexity index is 874. The van der Waals surface area contributed by atoms with Gasteiger partial charge in [-0.1, -0.05) is 19.8 Å². The fourth-order valence-electron chi connectivity index (χ4n) is 3.06. The van der Waals surface area contributed by atoms with Crippen LogP contribution in [0.25, 0.3) is 0 Å². The van der Waals surface area contributed by atoms with Gasteiger partial charge in [-0.3, -0.25) is 19.5 Å². The van der Waals surface area contributed by atoms with Gasteiger partial charge in [0.1, 0.15) is 0 Å². The van der Waals surface area contributed by atoms with Gasteiger partial charge in [0, 0.05) is 13.8 Å². The number of carbonyl (C=O) groups is 3. The Labute approximate surface area is 177 Å². The van der Waals surface area contributed by atoms with Gasteiger partial charge in [0.15, 0.2) is 30.1 Å². The van der Waals surface area contributed by atoms with Gasteiger partial charge in [-0.2, -0.15) is 4.98 Å². The van der Waals surface area contributed by atoms with Gasteiger partial charge in [-0.15, -0.1) is 0 Å². The van der Waals surface area contributed by atoms with Gasteiger partial charge in [0.05, 0.1) is 18.9 Å². The van der Waals surface area contributed by atoms with Crippen molar-refractivity contribution in [1.82, 2.24) is 9.55 Å². The van der Waals surface area contributed by atoms with E-state index in [9.17, 15) is 23.6 Å². The normalized spacial score (nSPS) is 22.6. The summed E-state index contributed by atoms with van der Waals surface area (Å²) in [5, 5.41) is 2.08. The van der Waals surface area contributed by atoms with E-state index in [0.717, 1.165) is 30.5 Å². The third-order valence-electron chi connectivity index (χ3n) is 4.41. The second kappa shape index (κ2) is 10.8. The Balaban J connectivity index is 2.22. The molecule has 172 valence electrons. The van der Waals surface area contributed by atoms with Crippen molar-refractivity contribution in [2.24, 2.45) is 0 Å². The molecule has 0 aromatic carbocycles. The third kappa shape index (κ3) is 6.48. The fourth-order valence-corrected chi connectivity index (χ4v) is 3.06. The molecule has 0 saturated carbocycles. The topological polar surface area (TPSA) is 135 Å². The minimum atomic E-state index is -1.30. The lowest BCUT2D eigenvalue weighted by Gasteiger charge is -2.23. The maximum Gasteiger partial charge on any atom is 0.412 e. The van der Waals surface area contributed by atoms with Crippen LogP contribution in [-0.4, -0.2) is 52.5 Å². The van der Waals surface area contributed by atoms with Crippen LogP contribution in [0, 0.1) is 5.82 Å². The molecule has 1 fully saturated rings. The number of esters is 2. The summed E-state index contributed by atoms with van der Waals surface area (Å²) in [5.74, 6) is -3.02. The second-order valence-electron chi connectivity index (χ2n) is 6.98. The molecule has 1 amide bonds. The molecule has 1 saturated heterocycles. The van der Waals surface area contributed by atoms with E-state index in [4.69, 9.17) is 18.9 Å². The van der Waals surface area contributed by atoms with Crippen LogP contribution in [0.5, 0.6) is 0 Å². The number of aromatic nitrogens is 2. The van der Waals surface area contributed by atoms with Crippen LogP contribution in [0.2, 0.25) is 0 Å². The Kier molecular flexibility index (Phi) is 8.48. The zero-order valence-corrected chi connectivity index (χ0v) is 17.8. The van der Waals surface area contributed by atoms with E-state index >= 15 is 0 Å². The molecule has 31 heavy (non-hydrogen) atoms. The number of carbonyl (C=O) groups excluding carboxylic acids is 3. The molecular weight excluding hydrogens is 417 g/mol. The summed E-state index contributed by atoms with van der Waals surface area (Å²) < 4.78 is 36.1. The zero-order chi connectivity index (χ0) is 23.1. The van der Waals surface area contributed by atoms with Crippen LogP contribution in [-0.2, 0) is 28.5 Å². The summed E-state index contributed by atoms with van der Waals surface area (Å²) >= 11 is 0. The predicted molar refractivity (Wildman–Crippen MR) is 104 cm³/mol. The van der Waals surface area contributed by atoms with Gasteiger partial charge in [0.2, 0.25) is 0 Å². The van der Waals surface area contributed by atoms with E-state index in [1.807, 2.05) is 6.92 Å². The fraction of sp³-hybridized carbons (Fsp3) is 0.632. The summed E-state index contributed by atoms with van der Waals surface area (Å²) in [6.45, 7) is 5.98. The summed E-state index contributed by atoms with van der Waals surface area (Å²) in [5.41, 5.74) is -0.986. The van der Waals surface area contributed by atoms with Crippen molar-refractivity contribution in [3.8, 4) is 0 Å². The molecule has 1 aliphatic heterocycles. The molecule has 0 aliphatic carbocycles. The molecular formula is C19H26FN3O8. The molecule has 1 aliphatic rings. The van der Waals surface area contributed by atoms with Crippen molar-refractivity contribution in [1.29, 1.82) is 0 Å². The molecule has 11 nitrogen and oxygen atoms in total. The van der Waals surface area contributed by atoms with E-state index in [1.165, 1.54) is 6.92 Å². The number of hydrogen-bond donors (Lipinski definition) is 1. The molecule has 2 heterocycles. The highest BCUT2D eigenvalue weighted by Gasteiger charge is 2.48. The van der Waals surface area contributed by atoms with Crippen molar-refractivity contribution in [3.63, 3.8) is 0 Å². The highest BCUT2D eigenvalue weighted by molar-refractivity contribution is 5.83. The SMILES string of the molecule is CCCCCOC(=O)Nc1nc(=O)n(C2OC(C)C(OC(C)=O)C2OC(C)=O)cc1F. The number of amides is 1. The summed E-state index contributed by atoms with van der Waals surface area (Å²) in [4.78, 5) is 50.7. The number of rotatable bonds is 8. The lowest BCUT2D eigenvalue weighted by atomic mass is 10.1. The first-order valence-electron chi connectivity index (χ1n) is 9.86. The summed E-state index contributed by atoms with van der Waals surface area (Å²) in [6, 6.07) is 0. The molecule has 0 bridgehead atoms. The van der Waals surface area contributed by atoms with Gasteiger partial charge in [0.25, 0.3) is 0 Å². The van der Waals surface area contributed by atoms with Gasteiger partial charge in [-0.05, 0) is 13.3 Å². The molecule has 12 heteroatoms. The number of anilines is 1. The molecule has 4 atom stereocenters. The van der Waals surface area contributed by atoms with Crippen LogP contribution in [0.15, 0.2) is 11.0 Å². The maximum absolute atomic E-state index is 14.5. The van der Waals surface area contributed by atoms with Gasteiger partial charge >= 0.3 is 23.7 Å². The summed E-state index contributed by atoms with van der Waals surface area (Å²) in [6.07, 6.45) is -2.02. The van der Waals surface area contributed by atoms with E-state index in [-0.39, 0.29) is 6.61 Å². The van der Waals surface area contributed by atoms with Crippen LogP contribution < -0.4 is 11.0 Å². The standard InChI is InChI=1S/C19H26FN3O8/c1-5-6-7-8-28-19(27)22-16-13(20)9-23(18(26)21-16)17-15(31-12(4)25)14(10(2)29-17)30-11(3)24/h9-10,14-15,17H,5-8H2,1-4H3,(H,21,22,26,27). The maximum atomic E-state index is 14.5. The smallest absolute Gasteiger partial charge is 0.412 e. The van der Waals surface area contributed by atoms with Gasteiger partial charge in [-0.25, -0.2) is 14.0 Å². The Morgan fingerprint density at radius 2 is 1.84 bits per heavy atom. The first-order chi connectivity index (χ1) is 14.6. The van der Waals surface area contributed by atoms with Crippen molar-refractivity contribution >= 4 is 23.8 Å². The largest absolute Gasteiger partial charge is 0.456 e. The van der Waals surface area contributed by atoms with E-state index in [1.54, 1.807) is 6.92 Å². The van der Waals surface area contributed by atoms with Crippen LogP contribution in [0.3, 0.4) is 0 Å². The molecule has 1 aromatic heterocycles.